The van der Waals surface area contributed by atoms with Gasteiger partial charge in [-0.15, -0.1) is 0 Å². The van der Waals surface area contributed by atoms with E-state index in [0.717, 1.165) is 36.5 Å². The molecule has 6 fully saturated rings. The summed E-state index contributed by atoms with van der Waals surface area (Å²) < 4.78 is 0. The first-order chi connectivity index (χ1) is 14.5. The van der Waals surface area contributed by atoms with E-state index in [9.17, 15) is 10.2 Å². The third-order valence-corrected chi connectivity index (χ3v) is 11.4. The van der Waals surface area contributed by atoms with Crippen molar-refractivity contribution in [2.45, 2.75) is 101 Å². The van der Waals surface area contributed by atoms with E-state index in [1.807, 2.05) is 0 Å². The number of aromatic hydroxyl groups is 1. The van der Waals surface area contributed by atoms with Crippen molar-refractivity contribution in [1.82, 2.24) is 0 Å². The molecule has 1 aromatic rings. The average molecular weight is 407 g/mol. The van der Waals surface area contributed by atoms with Crippen molar-refractivity contribution in [2.24, 2.45) is 35.0 Å². The lowest BCUT2D eigenvalue weighted by Gasteiger charge is -2.57. The SMILES string of the molecule is C[C@]12CCC3c4cc(C56CC7CC(CC(C7)C5)C6)c(O)cc4CCC3C1CC[C@@H]2O. The topological polar surface area (TPSA) is 40.5 Å². The van der Waals surface area contributed by atoms with E-state index in [4.69, 9.17) is 0 Å². The Morgan fingerprint density at radius 3 is 2.30 bits per heavy atom. The minimum Gasteiger partial charge on any atom is -0.508 e. The zero-order valence-corrected chi connectivity index (χ0v) is 18.6. The van der Waals surface area contributed by atoms with Crippen LogP contribution in [0.25, 0.3) is 0 Å². The maximum absolute atomic E-state index is 11.2. The van der Waals surface area contributed by atoms with Crippen molar-refractivity contribution in [3.63, 3.8) is 0 Å². The zero-order chi connectivity index (χ0) is 20.3. The summed E-state index contributed by atoms with van der Waals surface area (Å²) in [4.78, 5) is 0. The van der Waals surface area contributed by atoms with Crippen LogP contribution in [0.5, 0.6) is 5.75 Å². The van der Waals surface area contributed by atoms with Gasteiger partial charge in [0.1, 0.15) is 5.75 Å². The number of aryl methyl sites for hydroxylation is 1. The molecule has 2 nitrogen and oxygen atoms in total. The molecule has 0 spiro atoms. The molecule has 4 bridgehead atoms. The fraction of sp³-hybridized carbons (Fsp3) is 0.786. The Balaban J connectivity index is 1.29. The normalized spacial score (nSPS) is 50.8. The van der Waals surface area contributed by atoms with Gasteiger partial charge in [-0.05, 0) is 141 Å². The van der Waals surface area contributed by atoms with E-state index in [-0.39, 0.29) is 16.9 Å². The van der Waals surface area contributed by atoms with Crippen LogP contribution < -0.4 is 0 Å². The van der Waals surface area contributed by atoms with Gasteiger partial charge in [0, 0.05) is 5.56 Å². The van der Waals surface area contributed by atoms with E-state index in [2.05, 4.69) is 19.1 Å². The molecule has 0 aromatic heterocycles. The van der Waals surface area contributed by atoms with E-state index in [1.165, 1.54) is 75.3 Å². The van der Waals surface area contributed by atoms with Crippen molar-refractivity contribution >= 4 is 0 Å². The number of benzene rings is 1. The second kappa shape index (κ2) is 6.06. The van der Waals surface area contributed by atoms with Crippen LogP contribution in [0.2, 0.25) is 0 Å². The quantitative estimate of drug-likeness (QED) is 0.593. The van der Waals surface area contributed by atoms with Crippen molar-refractivity contribution in [3.8, 4) is 5.75 Å². The number of hydrogen-bond acceptors (Lipinski definition) is 2. The van der Waals surface area contributed by atoms with Crippen LogP contribution >= 0.6 is 0 Å². The summed E-state index contributed by atoms with van der Waals surface area (Å²) in [6, 6.07) is 4.72. The second-order valence-electron chi connectivity index (χ2n) is 12.8. The minimum absolute atomic E-state index is 0.0905. The number of phenols is 1. The molecule has 0 amide bonds. The van der Waals surface area contributed by atoms with Gasteiger partial charge in [-0.2, -0.15) is 0 Å². The van der Waals surface area contributed by atoms with Gasteiger partial charge >= 0.3 is 0 Å². The lowest BCUT2D eigenvalue weighted by Crippen LogP contribution is -2.48. The van der Waals surface area contributed by atoms with E-state index in [0.29, 0.717) is 17.6 Å². The molecular formula is C28H38O2. The van der Waals surface area contributed by atoms with E-state index < -0.39 is 0 Å². The number of fused-ring (bicyclic) bond motifs is 5. The van der Waals surface area contributed by atoms with E-state index >= 15 is 0 Å². The molecule has 3 unspecified atom stereocenters. The predicted octanol–water partition coefficient (Wildman–Crippen LogP) is 6.08. The summed E-state index contributed by atoms with van der Waals surface area (Å²) in [5, 5.41) is 21.9. The summed E-state index contributed by atoms with van der Waals surface area (Å²) in [5.74, 6) is 5.44. The maximum Gasteiger partial charge on any atom is 0.119 e. The first kappa shape index (κ1) is 18.5. The summed E-state index contributed by atoms with van der Waals surface area (Å²) in [5.41, 5.74) is 4.79. The average Bonchev–Trinajstić information content (AvgIpc) is 3.01. The lowest BCUT2D eigenvalue weighted by molar-refractivity contribution is -0.0228. The van der Waals surface area contributed by atoms with Gasteiger partial charge in [-0.3, -0.25) is 0 Å². The molecule has 7 aliphatic rings. The highest BCUT2D eigenvalue weighted by Gasteiger charge is 2.56. The van der Waals surface area contributed by atoms with Crippen LogP contribution in [0.15, 0.2) is 12.1 Å². The molecule has 6 saturated carbocycles. The van der Waals surface area contributed by atoms with Crippen molar-refractivity contribution in [1.29, 1.82) is 0 Å². The molecule has 1 aromatic carbocycles. The standard InChI is InChI=1S/C28H38O2/c1-27-7-6-20-21(23(27)4-5-26(27)30)3-2-19-11-25(29)24(12-22(19)20)28-13-16-8-17(14-28)10-18(9-16)15-28/h11-12,16-18,20-21,23,26,29-30H,2-10,13-15H2,1H3/t16?,17?,18?,20?,21?,23?,26-,27-,28?/m0/s1. The minimum atomic E-state index is -0.0905. The number of hydrogen-bond donors (Lipinski definition) is 2. The summed E-state index contributed by atoms with van der Waals surface area (Å²) >= 11 is 0. The van der Waals surface area contributed by atoms with Crippen LogP contribution in [-0.4, -0.2) is 16.3 Å². The third-order valence-electron chi connectivity index (χ3n) is 11.4. The van der Waals surface area contributed by atoms with Gasteiger partial charge in [0.25, 0.3) is 0 Å². The first-order valence-electron chi connectivity index (χ1n) is 13.0. The first-order valence-corrected chi connectivity index (χ1v) is 13.0. The fourth-order valence-electron chi connectivity index (χ4n) is 10.4. The Morgan fingerprint density at radius 2 is 1.60 bits per heavy atom. The van der Waals surface area contributed by atoms with Gasteiger partial charge in [0.05, 0.1) is 6.10 Å². The van der Waals surface area contributed by atoms with Gasteiger partial charge < -0.3 is 10.2 Å². The molecule has 0 radical (unpaired) electrons. The van der Waals surface area contributed by atoms with Crippen molar-refractivity contribution in [3.05, 3.63) is 28.8 Å². The highest BCUT2D eigenvalue weighted by Crippen LogP contribution is 2.64. The van der Waals surface area contributed by atoms with Crippen LogP contribution in [-0.2, 0) is 11.8 Å². The fourth-order valence-corrected chi connectivity index (χ4v) is 10.4. The molecule has 0 aliphatic heterocycles. The van der Waals surface area contributed by atoms with Crippen LogP contribution in [0.3, 0.4) is 0 Å². The Kier molecular flexibility index (Phi) is 3.74. The van der Waals surface area contributed by atoms with Gasteiger partial charge in [-0.1, -0.05) is 13.0 Å². The molecule has 5 atom stereocenters. The summed E-state index contributed by atoms with van der Waals surface area (Å²) in [7, 11) is 0. The maximum atomic E-state index is 11.2. The lowest BCUT2D eigenvalue weighted by atomic mass is 9.47. The zero-order valence-electron chi connectivity index (χ0n) is 18.6. The smallest absolute Gasteiger partial charge is 0.119 e. The Morgan fingerprint density at radius 1 is 0.900 bits per heavy atom. The molecular weight excluding hydrogens is 368 g/mol. The summed E-state index contributed by atoms with van der Waals surface area (Å²) in [6.45, 7) is 2.37. The number of aliphatic hydroxyl groups excluding tert-OH is 1. The Labute approximate surface area is 181 Å². The molecule has 0 heterocycles. The molecule has 30 heavy (non-hydrogen) atoms. The number of phenolic OH excluding ortho intramolecular Hbond substituents is 1. The van der Waals surface area contributed by atoms with E-state index in [1.54, 1.807) is 5.56 Å². The highest BCUT2D eigenvalue weighted by molar-refractivity contribution is 5.50. The second-order valence-corrected chi connectivity index (χ2v) is 12.8. The Hall–Kier alpha value is -1.02. The van der Waals surface area contributed by atoms with Crippen molar-refractivity contribution < 1.29 is 10.2 Å². The van der Waals surface area contributed by atoms with Gasteiger partial charge in [-0.25, -0.2) is 0 Å². The largest absolute Gasteiger partial charge is 0.508 e. The van der Waals surface area contributed by atoms with Crippen LogP contribution in [0.1, 0.15) is 100 Å². The Bertz CT molecular complexity index is 852. The van der Waals surface area contributed by atoms with Crippen molar-refractivity contribution in [2.75, 3.05) is 0 Å². The predicted molar refractivity (Wildman–Crippen MR) is 119 cm³/mol. The number of rotatable bonds is 1. The number of aliphatic hydroxyl groups is 1. The van der Waals surface area contributed by atoms with Gasteiger partial charge in [0.2, 0.25) is 0 Å². The third kappa shape index (κ3) is 2.35. The molecule has 8 rings (SSSR count). The van der Waals surface area contributed by atoms with Crippen LogP contribution in [0.4, 0.5) is 0 Å². The molecule has 2 N–H and O–H groups in total. The van der Waals surface area contributed by atoms with Gasteiger partial charge in [0.15, 0.2) is 0 Å². The molecule has 2 heteroatoms. The molecule has 0 saturated heterocycles. The highest BCUT2D eigenvalue weighted by atomic mass is 16.3. The molecule has 7 aliphatic carbocycles. The monoisotopic (exact) mass is 406 g/mol. The van der Waals surface area contributed by atoms with Crippen LogP contribution in [0, 0.1) is 35.0 Å². The molecule has 162 valence electrons. The summed E-state index contributed by atoms with van der Waals surface area (Å²) in [6.07, 6.45) is 15.3.